The minimum Gasteiger partial charge on any atom is -0.0888 e. The summed E-state index contributed by atoms with van der Waals surface area (Å²) < 4.78 is 0. The van der Waals surface area contributed by atoms with E-state index in [-0.39, 0.29) is 0 Å². The molecule has 0 aromatic carbocycles. The van der Waals surface area contributed by atoms with Gasteiger partial charge in [0.1, 0.15) is 0 Å². The fourth-order valence-electron chi connectivity index (χ4n) is 1.93. The van der Waals surface area contributed by atoms with Gasteiger partial charge < -0.3 is 0 Å². The van der Waals surface area contributed by atoms with Crippen LogP contribution in [-0.4, -0.2) is 0 Å². The third kappa shape index (κ3) is 11.7. The SMILES string of the molecule is CC/C=C/CCCCC(C)CCCCC. The molecular weight excluding hydrogens is 180 g/mol. The zero-order valence-corrected chi connectivity index (χ0v) is 11.1. The predicted octanol–water partition coefficient (Wildman–Crippen LogP) is 5.73. The van der Waals surface area contributed by atoms with Gasteiger partial charge in [-0.05, 0) is 25.2 Å². The molecule has 0 aliphatic rings. The second-order valence-corrected chi connectivity index (χ2v) is 4.77. The lowest BCUT2D eigenvalue weighted by molar-refractivity contribution is 0.444. The lowest BCUT2D eigenvalue weighted by atomic mass is 9.97. The van der Waals surface area contributed by atoms with Gasteiger partial charge in [-0.3, -0.25) is 0 Å². The maximum Gasteiger partial charge on any atom is -0.0351 e. The molecule has 0 nitrogen and oxygen atoms in total. The summed E-state index contributed by atoms with van der Waals surface area (Å²) in [6.07, 6.45) is 17.0. The Bertz CT molecular complexity index is 135. The smallest absolute Gasteiger partial charge is 0.0351 e. The molecule has 0 saturated heterocycles. The molecule has 1 atom stereocenters. The normalized spacial score (nSPS) is 13.5. The van der Waals surface area contributed by atoms with Gasteiger partial charge in [-0.1, -0.05) is 71.4 Å². The van der Waals surface area contributed by atoms with Crippen LogP contribution < -0.4 is 0 Å². The van der Waals surface area contributed by atoms with Gasteiger partial charge in [0, 0.05) is 0 Å². The Morgan fingerprint density at radius 3 is 2.13 bits per heavy atom. The molecule has 0 rings (SSSR count). The highest BCUT2D eigenvalue weighted by molar-refractivity contribution is 4.79. The average Bonchev–Trinajstić information content (AvgIpc) is 2.23. The van der Waals surface area contributed by atoms with E-state index >= 15 is 0 Å². The Hall–Kier alpha value is -0.260. The minimum atomic E-state index is 0.951. The van der Waals surface area contributed by atoms with Crippen LogP contribution in [-0.2, 0) is 0 Å². The number of hydrogen-bond donors (Lipinski definition) is 0. The topological polar surface area (TPSA) is 0 Å². The molecule has 0 heteroatoms. The number of unbranched alkanes of at least 4 members (excludes halogenated alkanes) is 4. The van der Waals surface area contributed by atoms with E-state index in [1.54, 1.807) is 0 Å². The van der Waals surface area contributed by atoms with Gasteiger partial charge in [0.05, 0.1) is 0 Å². The number of hydrogen-bond acceptors (Lipinski definition) is 0. The molecule has 0 spiro atoms. The second-order valence-electron chi connectivity index (χ2n) is 4.77. The quantitative estimate of drug-likeness (QED) is 0.319. The van der Waals surface area contributed by atoms with E-state index in [0.717, 1.165) is 5.92 Å². The second kappa shape index (κ2) is 11.8. The maximum absolute atomic E-state index is 2.41. The van der Waals surface area contributed by atoms with Crippen LogP contribution in [0, 0.1) is 5.92 Å². The molecule has 0 aromatic rings. The molecule has 1 unspecified atom stereocenters. The monoisotopic (exact) mass is 210 g/mol. The predicted molar refractivity (Wildman–Crippen MR) is 71.2 cm³/mol. The highest BCUT2D eigenvalue weighted by atomic mass is 14.1. The van der Waals surface area contributed by atoms with Gasteiger partial charge in [-0.2, -0.15) is 0 Å². The molecule has 0 N–H and O–H groups in total. The first-order valence-corrected chi connectivity index (χ1v) is 6.96. The maximum atomic E-state index is 2.41. The van der Waals surface area contributed by atoms with Crippen molar-refractivity contribution in [1.29, 1.82) is 0 Å². The van der Waals surface area contributed by atoms with Gasteiger partial charge in [-0.25, -0.2) is 0 Å². The Labute approximate surface area is 97.2 Å². The molecule has 0 bridgehead atoms. The molecule has 0 aliphatic heterocycles. The molecule has 0 aromatic heterocycles. The van der Waals surface area contributed by atoms with E-state index in [2.05, 4.69) is 32.9 Å². The van der Waals surface area contributed by atoms with E-state index in [9.17, 15) is 0 Å². The summed E-state index contributed by atoms with van der Waals surface area (Å²) in [5, 5.41) is 0. The summed E-state index contributed by atoms with van der Waals surface area (Å²) in [7, 11) is 0. The summed E-state index contributed by atoms with van der Waals surface area (Å²) >= 11 is 0. The first-order valence-electron chi connectivity index (χ1n) is 6.96. The van der Waals surface area contributed by atoms with E-state index in [0.29, 0.717) is 0 Å². The van der Waals surface area contributed by atoms with Crippen molar-refractivity contribution < 1.29 is 0 Å². The van der Waals surface area contributed by atoms with Crippen molar-refractivity contribution in [2.75, 3.05) is 0 Å². The Morgan fingerprint density at radius 1 is 0.867 bits per heavy atom. The van der Waals surface area contributed by atoms with E-state index in [1.165, 1.54) is 57.8 Å². The fraction of sp³-hybridized carbons (Fsp3) is 0.867. The Kier molecular flexibility index (Phi) is 11.6. The van der Waals surface area contributed by atoms with Gasteiger partial charge in [0.25, 0.3) is 0 Å². The van der Waals surface area contributed by atoms with Crippen LogP contribution in [0.25, 0.3) is 0 Å². The average molecular weight is 210 g/mol. The first kappa shape index (κ1) is 14.7. The molecule has 15 heavy (non-hydrogen) atoms. The summed E-state index contributed by atoms with van der Waals surface area (Å²) in [5.41, 5.74) is 0. The molecule has 0 radical (unpaired) electrons. The van der Waals surface area contributed by atoms with Crippen molar-refractivity contribution >= 4 is 0 Å². The van der Waals surface area contributed by atoms with Crippen molar-refractivity contribution in [3.63, 3.8) is 0 Å². The number of rotatable bonds is 10. The molecule has 90 valence electrons. The number of allylic oxidation sites excluding steroid dienone is 2. The van der Waals surface area contributed by atoms with Crippen LogP contribution in [0.1, 0.15) is 78.6 Å². The molecule has 0 aliphatic carbocycles. The Balaban J connectivity index is 3.16. The standard InChI is InChI=1S/C15H30/c1-4-6-8-9-10-12-14-15(3)13-11-7-5-2/h6,8,15H,4-5,7,9-14H2,1-3H3/b8-6+. The van der Waals surface area contributed by atoms with Crippen LogP contribution in [0.15, 0.2) is 12.2 Å². The molecule has 0 amide bonds. The highest BCUT2D eigenvalue weighted by Gasteiger charge is 2.00. The lowest BCUT2D eigenvalue weighted by Gasteiger charge is -2.09. The molecule has 0 heterocycles. The molecule has 0 fully saturated rings. The van der Waals surface area contributed by atoms with Gasteiger partial charge >= 0.3 is 0 Å². The van der Waals surface area contributed by atoms with Gasteiger partial charge in [0.2, 0.25) is 0 Å². The van der Waals surface area contributed by atoms with E-state index < -0.39 is 0 Å². The zero-order valence-electron chi connectivity index (χ0n) is 11.1. The van der Waals surface area contributed by atoms with Crippen molar-refractivity contribution in [1.82, 2.24) is 0 Å². The molecular formula is C15H30. The summed E-state index contributed by atoms with van der Waals surface area (Å²) in [5.74, 6) is 0.951. The first-order chi connectivity index (χ1) is 7.31. The van der Waals surface area contributed by atoms with Crippen LogP contribution in [0.3, 0.4) is 0 Å². The van der Waals surface area contributed by atoms with Gasteiger partial charge in [0.15, 0.2) is 0 Å². The summed E-state index contributed by atoms with van der Waals surface area (Å²) in [6.45, 7) is 6.90. The van der Waals surface area contributed by atoms with E-state index in [4.69, 9.17) is 0 Å². The highest BCUT2D eigenvalue weighted by Crippen LogP contribution is 2.16. The molecule has 0 saturated carbocycles. The van der Waals surface area contributed by atoms with Crippen LogP contribution >= 0.6 is 0 Å². The van der Waals surface area contributed by atoms with Gasteiger partial charge in [-0.15, -0.1) is 0 Å². The van der Waals surface area contributed by atoms with Crippen LogP contribution in [0.5, 0.6) is 0 Å². The van der Waals surface area contributed by atoms with Crippen molar-refractivity contribution in [3.05, 3.63) is 12.2 Å². The van der Waals surface area contributed by atoms with Crippen molar-refractivity contribution in [3.8, 4) is 0 Å². The van der Waals surface area contributed by atoms with Crippen molar-refractivity contribution in [2.45, 2.75) is 78.6 Å². The fourth-order valence-corrected chi connectivity index (χ4v) is 1.93. The lowest BCUT2D eigenvalue weighted by Crippen LogP contribution is -1.94. The van der Waals surface area contributed by atoms with Crippen LogP contribution in [0.2, 0.25) is 0 Å². The summed E-state index contributed by atoms with van der Waals surface area (Å²) in [4.78, 5) is 0. The Morgan fingerprint density at radius 2 is 1.53 bits per heavy atom. The van der Waals surface area contributed by atoms with Crippen LogP contribution in [0.4, 0.5) is 0 Å². The third-order valence-corrected chi connectivity index (χ3v) is 3.02. The van der Waals surface area contributed by atoms with Crippen molar-refractivity contribution in [2.24, 2.45) is 5.92 Å². The third-order valence-electron chi connectivity index (χ3n) is 3.02. The largest absolute Gasteiger partial charge is 0.0888 e. The summed E-state index contributed by atoms with van der Waals surface area (Å²) in [6, 6.07) is 0. The van der Waals surface area contributed by atoms with E-state index in [1.807, 2.05) is 0 Å². The minimum absolute atomic E-state index is 0.951. The zero-order chi connectivity index (χ0) is 11.4.